The molecule has 0 saturated carbocycles. The maximum absolute atomic E-state index is 11.6. The van der Waals surface area contributed by atoms with Gasteiger partial charge in [0.25, 0.3) is 0 Å². The largest absolute Gasteiger partial charge is 0.382 e. The number of nitrogens with one attached hydrogen (secondary N) is 2. The Morgan fingerprint density at radius 1 is 1.50 bits per heavy atom. The van der Waals surface area contributed by atoms with Crippen LogP contribution in [0.4, 0.5) is 0 Å². The fourth-order valence-electron chi connectivity index (χ4n) is 1.33. The predicted molar refractivity (Wildman–Crippen MR) is 62.8 cm³/mol. The van der Waals surface area contributed by atoms with E-state index in [0.29, 0.717) is 18.9 Å². The second-order valence-electron chi connectivity index (χ2n) is 3.66. The zero-order valence-electron chi connectivity index (χ0n) is 10.4. The van der Waals surface area contributed by atoms with Gasteiger partial charge in [-0.3, -0.25) is 9.59 Å². The summed E-state index contributed by atoms with van der Waals surface area (Å²) in [5.74, 6) is -0.537. The van der Waals surface area contributed by atoms with Gasteiger partial charge in [0.1, 0.15) is 12.6 Å². The lowest BCUT2D eigenvalue weighted by Gasteiger charge is -2.14. The molecule has 1 atom stereocenters. The molecule has 0 spiro atoms. The molecule has 1 amide bonds. The van der Waals surface area contributed by atoms with E-state index in [4.69, 9.17) is 9.47 Å². The average molecular weight is 255 g/mol. The molecule has 0 aromatic carbocycles. The number of H-pyrrole nitrogens is 1. The molecule has 0 fully saturated rings. The van der Waals surface area contributed by atoms with Crippen LogP contribution >= 0.6 is 0 Å². The molecule has 0 bridgehead atoms. The first-order valence-electron chi connectivity index (χ1n) is 5.50. The second-order valence-corrected chi connectivity index (χ2v) is 3.66. The highest BCUT2D eigenvalue weighted by atomic mass is 16.5. The Morgan fingerprint density at radius 2 is 2.28 bits per heavy atom. The van der Waals surface area contributed by atoms with Crippen molar-refractivity contribution >= 4 is 11.7 Å². The number of hydrogen-bond donors (Lipinski definition) is 2. The second kappa shape index (κ2) is 7.57. The lowest BCUT2D eigenvalue weighted by Crippen LogP contribution is -2.35. The molecule has 18 heavy (non-hydrogen) atoms. The number of imidazole rings is 1. The molecule has 0 aliphatic heterocycles. The summed E-state index contributed by atoms with van der Waals surface area (Å²) >= 11 is 0. The molecule has 1 rings (SSSR count). The molecule has 0 saturated heterocycles. The third-order valence-electron chi connectivity index (χ3n) is 2.21. The predicted octanol–water partition coefficient (Wildman–Crippen LogP) is -0.181. The zero-order valence-corrected chi connectivity index (χ0v) is 10.4. The van der Waals surface area contributed by atoms with E-state index in [1.165, 1.54) is 19.4 Å². The molecule has 2 N–H and O–H groups in total. The van der Waals surface area contributed by atoms with Crippen molar-refractivity contribution in [3.63, 3.8) is 0 Å². The summed E-state index contributed by atoms with van der Waals surface area (Å²) in [6, 6.07) is -0.717. The number of nitrogens with zero attached hydrogens (tertiary/aromatic N) is 1. The van der Waals surface area contributed by atoms with E-state index in [1.54, 1.807) is 7.11 Å². The number of ether oxygens (including phenoxy) is 2. The molecule has 7 nitrogen and oxygen atoms in total. The van der Waals surface area contributed by atoms with E-state index in [9.17, 15) is 9.59 Å². The summed E-state index contributed by atoms with van der Waals surface area (Å²) in [6.07, 6.45) is 2.95. The lowest BCUT2D eigenvalue weighted by atomic mass is 10.1. The van der Waals surface area contributed by atoms with Crippen LogP contribution in [0.2, 0.25) is 0 Å². The van der Waals surface area contributed by atoms with Crippen LogP contribution in [0.15, 0.2) is 12.5 Å². The number of amides is 1. The van der Waals surface area contributed by atoms with E-state index >= 15 is 0 Å². The first kappa shape index (κ1) is 14.3. The topological polar surface area (TPSA) is 93.3 Å². The van der Waals surface area contributed by atoms with Gasteiger partial charge in [-0.1, -0.05) is 0 Å². The van der Waals surface area contributed by atoms with Crippen molar-refractivity contribution < 1.29 is 19.1 Å². The van der Waals surface area contributed by atoms with E-state index in [0.717, 1.165) is 0 Å². The van der Waals surface area contributed by atoms with Crippen LogP contribution in [0.3, 0.4) is 0 Å². The summed E-state index contributed by atoms with van der Waals surface area (Å²) in [7, 11) is 1.55. The summed E-state index contributed by atoms with van der Waals surface area (Å²) in [4.78, 5) is 29.6. The lowest BCUT2D eigenvalue weighted by molar-refractivity contribution is -0.130. The Hall–Kier alpha value is -1.73. The van der Waals surface area contributed by atoms with Crippen molar-refractivity contribution in [2.75, 3.05) is 26.9 Å². The number of carbonyl (C=O) groups is 2. The molecule has 0 aliphatic carbocycles. The van der Waals surface area contributed by atoms with Crippen molar-refractivity contribution in [2.24, 2.45) is 0 Å². The minimum absolute atomic E-state index is 0.110. The number of methoxy groups -OCH3 is 1. The minimum Gasteiger partial charge on any atom is -0.382 e. The minimum atomic E-state index is -0.717. The number of aromatic amines is 1. The molecular formula is C11H17N3O4. The fraction of sp³-hybridized carbons (Fsp3) is 0.545. The molecule has 7 heteroatoms. The summed E-state index contributed by atoms with van der Waals surface area (Å²) in [6.45, 7) is 2.04. The summed E-state index contributed by atoms with van der Waals surface area (Å²) in [5, 5.41) is 2.57. The molecule has 0 radical (unpaired) electrons. The Morgan fingerprint density at radius 3 is 2.83 bits per heavy atom. The maximum Gasteiger partial charge on any atom is 0.246 e. The van der Waals surface area contributed by atoms with Gasteiger partial charge in [0.2, 0.25) is 5.91 Å². The third kappa shape index (κ3) is 4.64. The number of carbonyl (C=O) groups excluding carboxylic acids is 2. The highest BCUT2D eigenvalue weighted by molar-refractivity contribution is 5.88. The van der Waals surface area contributed by atoms with Crippen LogP contribution in [0, 0.1) is 0 Å². The smallest absolute Gasteiger partial charge is 0.246 e. The van der Waals surface area contributed by atoms with Gasteiger partial charge in [0.15, 0.2) is 5.78 Å². The molecule has 0 aliphatic rings. The Balaban J connectivity index is 2.42. The van der Waals surface area contributed by atoms with E-state index in [1.807, 2.05) is 0 Å². The van der Waals surface area contributed by atoms with Gasteiger partial charge in [-0.05, 0) is 6.92 Å². The van der Waals surface area contributed by atoms with Crippen LogP contribution in [-0.2, 0) is 19.1 Å². The summed E-state index contributed by atoms with van der Waals surface area (Å²) < 4.78 is 9.84. The first-order chi connectivity index (χ1) is 8.65. The molecular weight excluding hydrogens is 238 g/mol. The number of ketones is 1. The van der Waals surface area contributed by atoms with Crippen LogP contribution in [0.25, 0.3) is 0 Å². The molecule has 1 unspecified atom stereocenters. The SMILES string of the molecule is COCCOCC(=O)NC(C(C)=O)c1cnc[nH]1. The fourth-order valence-corrected chi connectivity index (χ4v) is 1.33. The summed E-state index contributed by atoms with van der Waals surface area (Å²) in [5.41, 5.74) is 0.549. The zero-order chi connectivity index (χ0) is 13.4. The van der Waals surface area contributed by atoms with Gasteiger partial charge >= 0.3 is 0 Å². The van der Waals surface area contributed by atoms with Crippen LogP contribution in [0.1, 0.15) is 18.7 Å². The van der Waals surface area contributed by atoms with Gasteiger partial charge in [0.05, 0.1) is 31.4 Å². The number of Topliss-reactive ketones (excluding diaryl/α,β-unsaturated/α-hetero) is 1. The van der Waals surface area contributed by atoms with Gasteiger partial charge in [-0.2, -0.15) is 0 Å². The quantitative estimate of drug-likeness (QED) is 0.628. The van der Waals surface area contributed by atoms with Crippen LogP contribution in [-0.4, -0.2) is 48.6 Å². The van der Waals surface area contributed by atoms with Gasteiger partial charge in [0, 0.05) is 7.11 Å². The van der Waals surface area contributed by atoms with E-state index in [-0.39, 0.29) is 18.3 Å². The van der Waals surface area contributed by atoms with Crippen molar-refractivity contribution in [1.82, 2.24) is 15.3 Å². The first-order valence-corrected chi connectivity index (χ1v) is 5.50. The maximum atomic E-state index is 11.6. The highest BCUT2D eigenvalue weighted by Gasteiger charge is 2.20. The standard InChI is InChI=1S/C11H17N3O4/c1-8(15)11(9-5-12-7-13-9)14-10(16)6-18-4-3-17-2/h5,7,11H,3-4,6H2,1-2H3,(H,12,13)(H,14,16). The Labute approximate surface area is 105 Å². The number of rotatable bonds is 8. The number of hydrogen-bond acceptors (Lipinski definition) is 5. The Bertz CT molecular complexity index is 378. The molecule has 1 heterocycles. The van der Waals surface area contributed by atoms with E-state index in [2.05, 4.69) is 15.3 Å². The molecule has 100 valence electrons. The van der Waals surface area contributed by atoms with E-state index < -0.39 is 6.04 Å². The van der Waals surface area contributed by atoms with Crippen molar-refractivity contribution in [2.45, 2.75) is 13.0 Å². The van der Waals surface area contributed by atoms with Crippen molar-refractivity contribution in [1.29, 1.82) is 0 Å². The molecule has 1 aromatic rings. The van der Waals surface area contributed by atoms with Crippen molar-refractivity contribution in [3.8, 4) is 0 Å². The Kier molecular flexibility index (Phi) is 6.03. The molecule has 1 aromatic heterocycles. The van der Waals surface area contributed by atoms with Gasteiger partial charge in [-0.15, -0.1) is 0 Å². The number of aromatic nitrogens is 2. The van der Waals surface area contributed by atoms with Crippen LogP contribution in [0.5, 0.6) is 0 Å². The van der Waals surface area contributed by atoms with Gasteiger partial charge in [-0.25, -0.2) is 4.98 Å². The average Bonchev–Trinajstić information content (AvgIpc) is 2.85. The van der Waals surface area contributed by atoms with Gasteiger partial charge < -0.3 is 19.8 Å². The third-order valence-corrected chi connectivity index (χ3v) is 2.21. The van der Waals surface area contributed by atoms with Crippen molar-refractivity contribution in [3.05, 3.63) is 18.2 Å². The normalized spacial score (nSPS) is 12.1. The highest BCUT2D eigenvalue weighted by Crippen LogP contribution is 2.09. The van der Waals surface area contributed by atoms with Crippen LogP contribution < -0.4 is 5.32 Å². The monoisotopic (exact) mass is 255 g/mol.